The summed E-state index contributed by atoms with van der Waals surface area (Å²) < 4.78 is 4.47. The smallest absolute Gasteiger partial charge is 0.358 e. The van der Waals surface area contributed by atoms with Crippen molar-refractivity contribution in [3.8, 4) is 0 Å². The zero-order valence-corrected chi connectivity index (χ0v) is 7.57. The summed E-state index contributed by atoms with van der Waals surface area (Å²) in [5.74, 6) is 0.172. The minimum Gasteiger partial charge on any atom is -0.464 e. The molecule has 0 amide bonds. The minimum atomic E-state index is -0.476. The number of nitrogens with zero attached hydrogens (tertiary/aromatic N) is 2. The molecule has 1 heterocycles. The fraction of sp³-hybridized carbons (Fsp3) is 0.375. The third-order valence-corrected chi connectivity index (χ3v) is 1.40. The van der Waals surface area contributed by atoms with Gasteiger partial charge in [-0.15, -0.1) is 0 Å². The predicted octanol–water partition coefficient (Wildman–Crippen LogP) is 0.695. The number of ether oxygens (including phenoxy) is 1. The van der Waals surface area contributed by atoms with Crippen LogP contribution in [0, 0.1) is 0 Å². The van der Waals surface area contributed by atoms with Gasteiger partial charge in [0.05, 0.1) is 19.5 Å². The minimum absolute atomic E-state index is 0.212. The molecule has 0 bridgehead atoms. The Kier molecular flexibility index (Phi) is 3.19. The Morgan fingerprint density at radius 2 is 2.31 bits per heavy atom. The summed E-state index contributed by atoms with van der Waals surface area (Å²) >= 11 is 0. The largest absolute Gasteiger partial charge is 0.464 e. The van der Waals surface area contributed by atoms with Gasteiger partial charge >= 0.3 is 5.97 Å². The second-order valence-corrected chi connectivity index (χ2v) is 2.31. The molecule has 0 aromatic carbocycles. The highest BCUT2D eigenvalue weighted by molar-refractivity contribution is 5.86. The highest BCUT2D eigenvalue weighted by Gasteiger charge is 2.06. The maximum Gasteiger partial charge on any atom is 0.358 e. The van der Waals surface area contributed by atoms with Crippen molar-refractivity contribution >= 4 is 11.8 Å². The van der Waals surface area contributed by atoms with Gasteiger partial charge in [-0.3, -0.25) is 0 Å². The van der Waals surface area contributed by atoms with Gasteiger partial charge in [0, 0.05) is 6.54 Å². The van der Waals surface area contributed by atoms with Crippen LogP contribution >= 0.6 is 0 Å². The summed E-state index contributed by atoms with van der Waals surface area (Å²) in [6.45, 7) is 2.72. The summed E-state index contributed by atoms with van der Waals surface area (Å²) in [7, 11) is 1.31. The van der Waals surface area contributed by atoms with Crippen molar-refractivity contribution in [1.29, 1.82) is 0 Å². The summed E-state index contributed by atoms with van der Waals surface area (Å²) in [4.78, 5) is 18.8. The number of esters is 1. The quantitative estimate of drug-likeness (QED) is 0.695. The van der Waals surface area contributed by atoms with Crippen LogP contribution in [0.1, 0.15) is 17.4 Å². The van der Waals surface area contributed by atoms with E-state index in [1.54, 1.807) is 0 Å². The van der Waals surface area contributed by atoms with Crippen molar-refractivity contribution in [2.45, 2.75) is 6.92 Å². The van der Waals surface area contributed by atoms with E-state index in [2.05, 4.69) is 20.0 Å². The van der Waals surface area contributed by atoms with E-state index in [-0.39, 0.29) is 5.69 Å². The van der Waals surface area contributed by atoms with Crippen LogP contribution in [0.15, 0.2) is 12.4 Å². The number of nitrogens with one attached hydrogen (secondary N) is 1. The summed E-state index contributed by atoms with van der Waals surface area (Å²) in [5, 5.41) is 2.97. The number of carbonyl (C=O) groups excluding carboxylic acids is 1. The highest BCUT2D eigenvalue weighted by atomic mass is 16.5. The van der Waals surface area contributed by atoms with Crippen molar-refractivity contribution in [2.75, 3.05) is 19.0 Å². The van der Waals surface area contributed by atoms with Crippen LogP contribution in [-0.2, 0) is 4.74 Å². The Balaban J connectivity index is 2.75. The third-order valence-electron chi connectivity index (χ3n) is 1.40. The molecule has 0 aliphatic carbocycles. The monoisotopic (exact) mass is 181 g/mol. The molecule has 1 N–H and O–H groups in total. The first-order valence-corrected chi connectivity index (χ1v) is 3.92. The molecule has 0 atom stereocenters. The summed E-state index contributed by atoms with van der Waals surface area (Å²) in [5.41, 5.74) is 0.212. The second kappa shape index (κ2) is 4.39. The van der Waals surface area contributed by atoms with E-state index < -0.39 is 5.97 Å². The molecule has 1 rings (SSSR count). The lowest BCUT2D eigenvalue weighted by Gasteiger charge is -2.01. The van der Waals surface area contributed by atoms with Crippen LogP contribution in [0.5, 0.6) is 0 Å². The fourth-order valence-corrected chi connectivity index (χ4v) is 0.810. The molecule has 13 heavy (non-hydrogen) atoms. The zero-order valence-electron chi connectivity index (χ0n) is 7.57. The molecule has 0 fully saturated rings. The maximum absolute atomic E-state index is 10.9. The SMILES string of the molecule is CCNc1cnc(C(=O)OC)cn1. The molecule has 0 aliphatic rings. The topological polar surface area (TPSA) is 64.1 Å². The molecular weight excluding hydrogens is 170 g/mol. The Morgan fingerprint density at radius 1 is 1.54 bits per heavy atom. The molecule has 1 aromatic heterocycles. The molecule has 0 saturated carbocycles. The number of anilines is 1. The van der Waals surface area contributed by atoms with E-state index in [0.29, 0.717) is 5.82 Å². The van der Waals surface area contributed by atoms with E-state index in [1.807, 2.05) is 6.92 Å². The van der Waals surface area contributed by atoms with Gasteiger partial charge in [-0.1, -0.05) is 0 Å². The van der Waals surface area contributed by atoms with Gasteiger partial charge in [0.1, 0.15) is 5.82 Å². The van der Waals surface area contributed by atoms with Crippen molar-refractivity contribution < 1.29 is 9.53 Å². The second-order valence-electron chi connectivity index (χ2n) is 2.31. The van der Waals surface area contributed by atoms with Gasteiger partial charge in [0.15, 0.2) is 5.69 Å². The molecule has 5 nitrogen and oxygen atoms in total. The van der Waals surface area contributed by atoms with Crippen molar-refractivity contribution in [3.05, 3.63) is 18.1 Å². The van der Waals surface area contributed by atoms with Gasteiger partial charge in [-0.25, -0.2) is 14.8 Å². The average Bonchev–Trinajstić information content (AvgIpc) is 2.18. The maximum atomic E-state index is 10.9. The van der Waals surface area contributed by atoms with Crippen LogP contribution in [0.4, 0.5) is 5.82 Å². The Morgan fingerprint density at radius 3 is 2.77 bits per heavy atom. The molecule has 0 saturated heterocycles. The lowest BCUT2D eigenvalue weighted by atomic mass is 10.4. The number of hydrogen-bond acceptors (Lipinski definition) is 5. The van der Waals surface area contributed by atoms with E-state index >= 15 is 0 Å². The summed E-state index contributed by atoms with van der Waals surface area (Å²) in [6, 6.07) is 0. The molecule has 0 radical (unpaired) electrons. The highest BCUT2D eigenvalue weighted by Crippen LogP contribution is 2.01. The lowest BCUT2D eigenvalue weighted by Crippen LogP contribution is -2.06. The molecule has 1 aromatic rings. The first kappa shape index (κ1) is 9.44. The first-order chi connectivity index (χ1) is 6.27. The van der Waals surface area contributed by atoms with Crippen molar-refractivity contribution in [3.63, 3.8) is 0 Å². The number of methoxy groups -OCH3 is 1. The van der Waals surface area contributed by atoms with Crippen LogP contribution in [0.2, 0.25) is 0 Å². The van der Waals surface area contributed by atoms with Crippen LogP contribution in [0.25, 0.3) is 0 Å². The van der Waals surface area contributed by atoms with Gasteiger partial charge in [-0.2, -0.15) is 0 Å². The molecule has 0 spiro atoms. The number of rotatable bonds is 3. The predicted molar refractivity (Wildman–Crippen MR) is 47.5 cm³/mol. The van der Waals surface area contributed by atoms with Crippen LogP contribution < -0.4 is 5.32 Å². The summed E-state index contributed by atoms with van der Waals surface area (Å²) in [6.07, 6.45) is 2.87. The molecule has 0 unspecified atom stereocenters. The molecular formula is C8H11N3O2. The Labute approximate surface area is 76.2 Å². The Hall–Kier alpha value is -1.65. The fourth-order valence-electron chi connectivity index (χ4n) is 0.810. The number of aromatic nitrogens is 2. The average molecular weight is 181 g/mol. The number of carbonyl (C=O) groups is 1. The molecule has 0 aliphatic heterocycles. The Bertz CT molecular complexity index is 284. The van der Waals surface area contributed by atoms with Gasteiger partial charge in [0.2, 0.25) is 0 Å². The van der Waals surface area contributed by atoms with Crippen LogP contribution in [-0.4, -0.2) is 29.6 Å². The van der Waals surface area contributed by atoms with E-state index in [9.17, 15) is 4.79 Å². The van der Waals surface area contributed by atoms with Gasteiger partial charge in [0.25, 0.3) is 0 Å². The van der Waals surface area contributed by atoms with Gasteiger partial charge < -0.3 is 10.1 Å². The van der Waals surface area contributed by atoms with E-state index in [1.165, 1.54) is 19.5 Å². The zero-order chi connectivity index (χ0) is 9.68. The van der Waals surface area contributed by atoms with Crippen LogP contribution in [0.3, 0.4) is 0 Å². The van der Waals surface area contributed by atoms with E-state index in [4.69, 9.17) is 0 Å². The molecule has 5 heteroatoms. The third kappa shape index (κ3) is 2.40. The van der Waals surface area contributed by atoms with Crippen molar-refractivity contribution in [1.82, 2.24) is 9.97 Å². The van der Waals surface area contributed by atoms with E-state index in [0.717, 1.165) is 6.54 Å². The molecule has 70 valence electrons. The normalized spacial score (nSPS) is 9.38. The van der Waals surface area contributed by atoms with Gasteiger partial charge in [-0.05, 0) is 6.92 Å². The number of hydrogen-bond donors (Lipinski definition) is 1. The lowest BCUT2D eigenvalue weighted by molar-refractivity contribution is 0.0593. The standard InChI is InChI=1S/C8H11N3O2/c1-3-9-7-5-10-6(4-11-7)8(12)13-2/h4-5H,3H2,1-2H3,(H,9,11). The van der Waals surface area contributed by atoms with Crippen molar-refractivity contribution in [2.24, 2.45) is 0 Å². The first-order valence-electron chi connectivity index (χ1n) is 3.92.